The normalized spacial score (nSPS) is 11.4. The fourth-order valence-corrected chi connectivity index (χ4v) is 1.47. The van der Waals surface area contributed by atoms with Gasteiger partial charge in [0, 0.05) is 23.2 Å². The molecule has 0 bridgehead atoms. The number of H-pyrrole nitrogens is 1. The third kappa shape index (κ3) is 1.65. The van der Waals surface area contributed by atoms with Gasteiger partial charge in [0.2, 0.25) is 6.20 Å². The third-order valence-electron chi connectivity index (χ3n) is 2.14. The van der Waals surface area contributed by atoms with Crippen LogP contribution in [0.3, 0.4) is 0 Å². The molecule has 0 saturated heterocycles. The lowest BCUT2D eigenvalue weighted by Gasteiger charge is -1.95. The number of nitro groups is 1. The molecule has 16 heavy (non-hydrogen) atoms. The van der Waals surface area contributed by atoms with E-state index >= 15 is 0 Å². The van der Waals surface area contributed by atoms with Gasteiger partial charge in [-0.3, -0.25) is 10.1 Å². The molecule has 0 spiro atoms. The summed E-state index contributed by atoms with van der Waals surface area (Å²) in [6, 6.07) is 1.98. The first-order valence-corrected chi connectivity index (χ1v) is 4.36. The van der Waals surface area contributed by atoms with E-state index in [2.05, 4.69) is 4.98 Å². The van der Waals surface area contributed by atoms with Gasteiger partial charge in [-0.1, -0.05) is 0 Å². The number of rotatable bonds is 2. The first-order valence-electron chi connectivity index (χ1n) is 4.36. The number of benzene rings is 1. The molecule has 0 aliphatic carbocycles. The second kappa shape index (κ2) is 3.73. The first kappa shape index (κ1) is 10.3. The Kier molecular flexibility index (Phi) is 2.40. The van der Waals surface area contributed by atoms with E-state index < -0.39 is 16.6 Å². The number of nitrogens with one attached hydrogen (secondary N) is 1. The highest BCUT2D eigenvalue weighted by molar-refractivity contribution is 5.89. The van der Waals surface area contributed by atoms with E-state index in [1.807, 2.05) is 0 Å². The summed E-state index contributed by atoms with van der Waals surface area (Å²) in [6.07, 6.45) is 3.10. The summed E-state index contributed by atoms with van der Waals surface area (Å²) in [5.41, 5.74) is 0.242. The minimum atomic E-state index is -0.671. The van der Waals surface area contributed by atoms with Crippen LogP contribution in [-0.2, 0) is 0 Å². The van der Waals surface area contributed by atoms with Gasteiger partial charge in [0.25, 0.3) is 0 Å². The van der Waals surface area contributed by atoms with Crippen molar-refractivity contribution >= 4 is 17.0 Å². The number of halogens is 2. The van der Waals surface area contributed by atoms with Crippen LogP contribution in [0.25, 0.3) is 17.0 Å². The van der Waals surface area contributed by atoms with Crippen molar-refractivity contribution in [2.45, 2.75) is 0 Å². The fourth-order valence-electron chi connectivity index (χ4n) is 1.47. The average Bonchev–Trinajstić information content (AvgIpc) is 2.65. The smallest absolute Gasteiger partial charge is 0.235 e. The standard InChI is InChI=1S/C10H6F2N2O2/c11-7-1-2-8(12)10-9(7)6(5-13-10)3-4-14(15)16/h1-5,13H/b4-3+. The molecule has 0 unspecified atom stereocenters. The molecule has 0 atom stereocenters. The van der Waals surface area contributed by atoms with Crippen LogP contribution < -0.4 is 0 Å². The van der Waals surface area contributed by atoms with Crippen LogP contribution in [0.5, 0.6) is 0 Å². The number of nitrogens with zero attached hydrogens (tertiary/aromatic N) is 1. The molecule has 0 amide bonds. The quantitative estimate of drug-likeness (QED) is 0.629. The molecule has 1 aromatic heterocycles. The SMILES string of the molecule is O=[N+]([O-])/C=C/c1c[nH]c2c(F)ccc(F)c12. The Morgan fingerprint density at radius 3 is 2.69 bits per heavy atom. The van der Waals surface area contributed by atoms with Crippen LogP contribution in [-0.4, -0.2) is 9.91 Å². The van der Waals surface area contributed by atoms with Crippen LogP contribution in [0.4, 0.5) is 8.78 Å². The van der Waals surface area contributed by atoms with E-state index in [0.717, 1.165) is 18.2 Å². The molecule has 0 fully saturated rings. The molecule has 1 N–H and O–H groups in total. The Morgan fingerprint density at radius 1 is 1.31 bits per heavy atom. The summed E-state index contributed by atoms with van der Waals surface area (Å²) in [5, 5.41) is 10.1. The summed E-state index contributed by atoms with van der Waals surface area (Å²) in [5.74, 6) is -1.22. The highest BCUT2D eigenvalue weighted by Crippen LogP contribution is 2.24. The van der Waals surface area contributed by atoms with Gasteiger partial charge in [-0.2, -0.15) is 0 Å². The van der Waals surface area contributed by atoms with Crippen LogP contribution in [0.2, 0.25) is 0 Å². The maximum atomic E-state index is 13.4. The number of hydrogen-bond acceptors (Lipinski definition) is 2. The van der Waals surface area contributed by atoms with Gasteiger partial charge in [-0.15, -0.1) is 0 Å². The summed E-state index contributed by atoms with van der Waals surface area (Å²) in [4.78, 5) is 12.0. The Morgan fingerprint density at radius 2 is 2.00 bits per heavy atom. The molecule has 4 nitrogen and oxygen atoms in total. The lowest BCUT2D eigenvalue weighted by atomic mass is 10.1. The Balaban J connectivity index is 2.64. The molecular weight excluding hydrogens is 218 g/mol. The lowest BCUT2D eigenvalue weighted by molar-refractivity contribution is -0.400. The van der Waals surface area contributed by atoms with E-state index in [-0.39, 0.29) is 16.5 Å². The van der Waals surface area contributed by atoms with E-state index in [1.54, 1.807) is 0 Å². The highest BCUT2D eigenvalue weighted by Gasteiger charge is 2.11. The van der Waals surface area contributed by atoms with E-state index in [1.165, 1.54) is 6.20 Å². The zero-order valence-electron chi connectivity index (χ0n) is 7.91. The maximum absolute atomic E-state index is 13.4. The molecule has 82 valence electrons. The largest absolute Gasteiger partial charge is 0.358 e. The van der Waals surface area contributed by atoms with E-state index in [4.69, 9.17) is 0 Å². The van der Waals surface area contributed by atoms with Gasteiger partial charge >= 0.3 is 0 Å². The Labute approximate surface area is 88.3 Å². The van der Waals surface area contributed by atoms with Gasteiger partial charge in [0.15, 0.2) is 0 Å². The van der Waals surface area contributed by atoms with Gasteiger partial charge in [0.05, 0.1) is 10.4 Å². The van der Waals surface area contributed by atoms with Crippen molar-refractivity contribution in [3.63, 3.8) is 0 Å². The van der Waals surface area contributed by atoms with Crippen molar-refractivity contribution in [3.05, 3.63) is 51.8 Å². The van der Waals surface area contributed by atoms with Crippen molar-refractivity contribution in [1.29, 1.82) is 0 Å². The second-order valence-electron chi connectivity index (χ2n) is 3.12. The Hall–Kier alpha value is -2.24. The highest BCUT2D eigenvalue weighted by atomic mass is 19.1. The van der Waals surface area contributed by atoms with Gasteiger partial charge in [-0.05, 0) is 12.1 Å². The summed E-state index contributed by atoms with van der Waals surface area (Å²) in [6.45, 7) is 0. The molecule has 2 rings (SSSR count). The minimum Gasteiger partial charge on any atom is -0.358 e. The van der Waals surface area contributed by atoms with Crippen LogP contribution in [0.15, 0.2) is 24.5 Å². The molecule has 0 saturated carbocycles. The summed E-state index contributed by atoms with van der Waals surface area (Å²) >= 11 is 0. The Bertz CT molecular complexity index is 590. The number of fused-ring (bicyclic) bond motifs is 1. The van der Waals surface area contributed by atoms with Crippen molar-refractivity contribution < 1.29 is 13.7 Å². The van der Waals surface area contributed by atoms with E-state index in [0.29, 0.717) is 6.20 Å². The predicted octanol–water partition coefficient (Wildman–Crippen LogP) is 2.69. The van der Waals surface area contributed by atoms with Crippen molar-refractivity contribution in [2.75, 3.05) is 0 Å². The van der Waals surface area contributed by atoms with Gasteiger partial charge < -0.3 is 4.98 Å². The number of aromatic amines is 1. The van der Waals surface area contributed by atoms with Gasteiger partial charge in [0.1, 0.15) is 11.6 Å². The molecule has 0 aliphatic heterocycles. The second-order valence-corrected chi connectivity index (χ2v) is 3.12. The molecule has 6 heteroatoms. The monoisotopic (exact) mass is 224 g/mol. The van der Waals surface area contributed by atoms with Crippen LogP contribution >= 0.6 is 0 Å². The van der Waals surface area contributed by atoms with Gasteiger partial charge in [-0.25, -0.2) is 8.78 Å². The predicted molar refractivity (Wildman–Crippen MR) is 54.2 cm³/mol. The first-order chi connectivity index (χ1) is 7.59. The van der Waals surface area contributed by atoms with E-state index in [9.17, 15) is 18.9 Å². The van der Waals surface area contributed by atoms with Crippen molar-refractivity contribution in [2.24, 2.45) is 0 Å². The molecule has 0 radical (unpaired) electrons. The van der Waals surface area contributed by atoms with Crippen molar-refractivity contribution in [1.82, 2.24) is 4.98 Å². The molecule has 1 heterocycles. The average molecular weight is 224 g/mol. The molecule has 0 aliphatic rings. The number of aromatic nitrogens is 1. The minimum absolute atomic E-state index is 0.00278. The maximum Gasteiger partial charge on any atom is 0.235 e. The molecule has 1 aromatic carbocycles. The van der Waals surface area contributed by atoms with Crippen LogP contribution in [0.1, 0.15) is 5.56 Å². The summed E-state index contributed by atoms with van der Waals surface area (Å²) < 4.78 is 26.6. The van der Waals surface area contributed by atoms with Crippen LogP contribution in [0, 0.1) is 21.7 Å². The van der Waals surface area contributed by atoms with Crippen molar-refractivity contribution in [3.8, 4) is 0 Å². The lowest BCUT2D eigenvalue weighted by Crippen LogP contribution is -1.84. The third-order valence-corrected chi connectivity index (χ3v) is 2.14. The summed E-state index contributed by atoms with van der Waals surface area (Å²) in [7, 11) is 0. The number of hydrogen-bond donors (Lipinski definition) is 1. The molecule has 2 aromatic rings. The zero-order valence-corrected chi connectivity index (χ0v) is 7.91. The fraction of sp³-hybridized carbons (Fsp3) is 0. The zero-order chi connectivity index (χ0) is 11.7. The topological polar surface area (TPSA) is 58.9 Å². The molecular formula is C10H6F2N2O2.